The van der Waals surface area contributed by atoms with E-state index >= 15 is 0 Å². The summed E-state index contributed by atoms with van der Waals surface area (Å²) >= 11 is 1.49. The molecule has 0 radical (unpaired) electrons. The molecule has 5 nitrogen and oxygen atoms in total. The van der Waals surface area contributed by atoms with Gasteiger partial charge in [-0.15, -0.1) is 11.8 Å². The molecule has 1 atom stereocenters. The molecule has 1 fully saturated rings. The van der Waals surface area contributed by atoms with Crippen LogP contribution in [0.1, 0.15) is 16.1 Å². The van der Waals surface area contributed by atoms with Gasteiger partial charge in [-0.1, -0.05) is 12.1 Å². The van der Waals surface area contributed by atoms with Crippen LogP contribution < -0.4 is 5.32 Å². The maximum Gasteiger partial charge on any atom is 0.256 e. The van der Waals surface area contributed by atoms with E-state index in [1.165, 1.54) is 35.0 Å². The van der Waals surface area contributed by atoms with Crippen molar-refractivity contribution in [1.82, 2.24) is 9.88 Å². The largest absolute Gasteiger partial charge is 0.322 e. The van der Waals surface area contributed by atoms with Crippen molar-refractivity contribution < 1.29 is 14.0 Å². The standard InChI is InChI=1S/C17H16FN3O2S/c1-11-6-7-12(8-19-11)17(23)21-10-24-9-15(21)16(22)20-14-5-3-2-4-13(14)18/h2-8,15H,9-10H2,1H3,(H,20,22). The van der Waals surface area contributed by atoms with E-state index in [-0.39, 0.29) is 11.6 Å². The zero-order valence-corrected chi connectivity index (χ0v) is 13.8. The summed E-state index contributed by atoms with van der Waals surface area (Å²) in [5.74, 6) is -0.246. The first-order valence-electron chi connectivity index (χ1n) is 7.43. The average Bonchev–Trinajstić information content (AvgIpc) is 3.07. The van der Waals surface area contributed by atoms with Crippen molar-refractivity contribution in [2.45, 2.75) is 13.0 Å². The molecule has 1 aromatic carbocycles. The summed E-state index contributed by atoms with van der Waals surface area (Å²) in [6.07, 6.45) is 1.51. The van der Waals surface area contributed by atoms with Gasteiger partial charge >= 0.3 is 0 Å². The Kier molecular flexibility index (Phi) is 4.80. The molecule has 2 heterocycles. The SMILES string of the molecule is Cc1ccc(C(=O)N2CSCC2C(=O)Nc2ccccc2F)cn1. The van der Waals surface area contributed by atoms with Crippen molar-refractivity contribution >= 4 is 29.3 Å². The predicted octanol–water partition coefficient (Wildman–Crippen LogP) is 2.68. The third-order valence-corrected chi connectivity index (χ3v) is 4.75. The minimum Gasteiger partial charge on any atom is -0.322 e. The van der Waals surface area contributed by atoms with E-state index < -0.39 is 17.8 Å². The van der Waals surface area contributed by atoms with E-state index in [0.717, 1.165) is 5.69 Å². The first-order valence-corrected chi connectivity index (χ1v) is 8.58. The lowest BCUT2D eigenvalue weighted by Gasteiger charge is -2.23. The molecule has 24 heavy (non-hydrogen) atoms. The van der Waals surface area contributed by atoms with Gasteiger partial charge in [-0.3, -0.25) is 14.6 Å². The molecule has 1 aromatic heterocycles. The van der Waals surface area contributed by atoms with Crippen molar-refractivity contribution in [2.75, 3.05) is 16.9 Å². The average molecular weight is 345 g/mol. The fraction of sp³-hybridized carbons (Fsp3) is 0.235. The van der Waals surface area contributed by atoms with Gasteiger partial charge < -0.3 is 10.2 Å². The van der Waals surface area contributed by atoms with Crippen molar-refractivity contribution in [2.24, 2.45) is 0 Å². The number of aryl methyl sites for hydroxylation is 1. The summed E-state index contributed by atoms with van der Waals surface area (Å²) in [6, 6.07) is 8.78. The first-order chi connectivity index (χ1) is 11.6. The molecule has 3 rings (SSSR count). The second-order valence-corrected chi connectivity index (χ2v) is 6.45. The molecular weight excluding hydrogens is 329 g/mol. The van der Waals surface area contributed by atoms with Crippen LogP contribution in [-0.4, -0.2) is 39.4 Å². The second kappa shape index (κ2) is 7.00. The summed E-state index contributed by atoms with van der Waals surface area (Å²) in [6.45, 7) is 1.84. The van der Waals surface area contributed by atoms with Crippen molar-refractivity contribution in [1.29, 1.82) is 0 Å². The van der Waals surface area contributed by atoms with Crippen LogP contribution in [0.3, 0.4) is 0 Å². The van der Waals surface area contributed by atoms with Gasteiger partial charge in [0, 0.05) is 17.6 Å². The Bertz CT molecular complexity index is 767. The number of carbonyl (C=O) groups is 2. The number of hydrogen-bond donors (Lipinski definition) is 1. The Labute approximate surface area is 143 Å². The molecule has 1 aliphatic heterocycles. The highest BCUT2D eigenvalue weighted by Gasteiger charge is 2.35. The van der Waals surface area contributed by atoms with Crippen LogP contribution in [0.4, 0.5) is 10.1 Å². The van der Waals surface area contributed by atoms with E-state index in [0.29, 0.717) is 17.2 Å². The van der Waals surface area contributed by atoms with E-state index in [1.54, 1.807) is 24.3 Å². The fourth-order valence-electron chi connectivity index (χ4n) is 2.40. The molecule has 1 unspecified atom stereocenters. The molecule has 1 N–H and O–H groups in total. The number of para-hydroxylation sites is 1. The number of amides is 2. The minimum absolute atomic E-state index is 0.115. The smallest absolute Gasteiger partial charge is 0.256 e. The maximum absolute atomic E-state index is 13.7. The molecule has 2 amide bonds. The number of nitrogens with one attached hydrogen (secondary N) is 1. The van der Waals surface area contributed by atoms with E-state index in [4.69, 9.17) is 0 Å². The number of thioether (sulfide) groups is 1. The number of nitrogens with zero attached hydrogens (tertiary/aromatic N) is 2. The highest BCUT2D eigenvalue weighted by Crippen LogP contribution is 2.24. The zero-order valence-electron chi connectivity index (χ0n) is 13.0. The molecule has 1 saturated heterocycles. The number of hydrogen-bond acceptors (Lipinski definition) is 4. The van der Waals surface area contributed by atoms with E-state index in [2.05, 4.69) is 10.3 Å². The van der Waals surface area contributed by atoms with Crippen molar-refractivity contribution in [3.05, 3.63) is 59.7 Å². The van der Waals surface area contributed by atoms with Gasteiger partial charge in [-0.25, -0.2) is 4.39 Å². The van der Waals surface area contributed by atoms with Crippen LogP contribution in [0, 0.1) is 12.7 Å². The number of carbonyl (C=O) groups excluding carboxylic acids is 2. The lowest BCUT2D eigenvalue weighted by atomic mass is 10.2. The third kappa shape index (κ3) is 3.41. The summed E-state index contributed by atoms with van der Waals surface area (Å²) in [5.41, 5.74) is 1.37. The van der Waals surface area contributed by atoms with Gasteiger partial charge in [0.05, 0.1) is 17.1 Å². The lowest BCUT2D eigenvalue weighted by molar-refractivity contribution is -0.119. The van der Waals surface area contributed by atoms with Gasteiger partial charge in [0.15, 0.2) is 0 Å². The molecule has 1 aliphatic rings. The highest BCUT2D eigenvalue weighted by atomic mass is 32.2. The molecule has 124 valence electrons. The number of benzene rings is 1. The monoisotopic (exact) mass is 345 g/mol. The Hall–Kier alpha value is -2.41. The summed E-state index contributed by atoms with van der Waals surface area (Å²) in [7, 11) is 0. The van der Waals surface area contributed by atoms with Gasteiger partial charge in [0.1, 0.15) is 11.9 Å². The van der Waals surface area contributed by atoms with Crippen LogP contribution in [0.5, 0.6) is 0 Å². The predicted molar refractivity (Wildman–Crippen MR) is 91.3 cm³/mol. The highest BCUT2D eigenvalue weighted by molar-refractivity contribution is 7.99. The fourth-order valence-corrected chi connectivity index (χ4v) is 3.55. The molecule has 7 heteroatoms. The van der Waals surface area contributed by atoms with Gasteiger partial charge in [-0.05, 0) is 31.2 Å². The Morgan fingerprint density at radius 2 is 2.08 bits per heavy atom. The Balaban J connectivity index is 1.75. The maximum atomic E-state index is 13.7. The normalized spacial score (nSPS) is 16.9. The number of pyridine rings is 1. The second-order valence-electron chi connectivity index (χ2n) is 5.45. The van der Waals surface area contributed by atoms with Gasteiger partial charge in [0.25, 0.3) is 5.91 Å². The third-order valence-electron chi connectivity index (χ3n) is 3.74. The topological polar surface area (TPSA) is 62.3 Å². The van der Waals surface area contributed by atoms with Crippen LogP contribution in [0.15, 0.2) is 42.6 Å². The van der Waals surface area contributed by atoms with Crippen LogP contribution in [-0.2, 0) is 4.79 Å². The molecule has 0 saturated carbocycles. The van der Waals surface area contributed by atoms with Crippen LogP contribution in [0.2, 0.25) is 0 Å². The minimum atomic E-state index is -0.636. The van der Waals surface area contributed by atoms with Crippen LogP contribution >= 0.6 is 11.8 Å². The number of rotatable bonds is 3. The van der Waals surface area contributed by atoms with Gasteiger partial charge in [-0.2, -0.15) is 0 Å². The van der Waals surface area contributed by atoms with Crippen LogP contribution in [0.25, 0.3) is 0 Å². The quantitative estimate of drug-likeness (QED) is 0.929. The zero-order chi connectivity index (χ0) is 17.1. The first kappa shape index (κ1) is 16.4. The Morgan fingerprint density at radius 3 is 2.79 bits per heavy atom. The van der Waals surface area contributed by atoms with Gasteiger partial charge in [0.2, 0.25) is 5.91 Å². The summed E-state index contributed by atoms with van der Waals surface area (Å²) < 4.78 is 13.7. The Morgan fingerprint density at radius 1 is 1.29 bits per heavy atom. The molecule has 0 spiro atoms. The van der Waals surface area contributed by atoms with E-state index in [1.807, 2.05) is 6.92 Å². The van der Waals surface area contributed by atoms with Crippen molar-refractivity contribution in [3.8, 4) is 0 Å². The molecule has 2 aromatic rings. The molecular formula is C17H16FN3O2S. The van der Waals surface area contributed by atoms with E-state index in [9.17, 15) is 14.0 Å². The molecule has 0 bridgehead atoms. The summed E-state index contributed by atoms with van der Waals surface area (Å²) in [4.78, 5) is 30.7. The number of aromatic nitrogens is 1. The number of anilines is 1. The summed E-state index contributed by atoms with van der Waals surface area (Å²) in [5, 5.41) is 2.56. The number of halogens is 1. The lowest BCUT2D eigenvalue weighted by Crippen LogP contribution is -2.44. The molecule has 0 aliphatic carbocycles. The van der Waals surface area contributed by atoms with Crippen molar-refractivity contribution in [3.63, 3.8) is 0 Å².